The molecule has 2 atom stereocenters. The molecule has 4 aliphatic carbocycles. The van der Waals surface area contributed by atoms with Crippen LogP contribution in [0.5, 0.6) is 0 Å². The number of aromatic nitrogens is 4. The van der Waals surface area contributed by atoms with Gasteiger partial charge in [-0.05, 0) is 65.2 Å². The zero-order chi connectivity index (χ0) is 44.5. The summed E-state index contributed by atoms with van der Waals surface area (Å²) in [5.74, 6) is -7.54. The number of aryl methyl sites for hydroxylation is 2. The second kappa shape index (κ2) is 28.0. The summed E-state index contributed by atoms with van der Waals surface area (Å²) in [4.78, 5) is 66.5. The zero-order valence-corrected chi connectivity index (χ0v) is 34.6. The molecule has 18 nitrogen and oxygen atoms in total. The van der Waals surface area contributed by atoms with Gasteiger partial charge in [0, 0.05) is 97.9 Å². The predicted molar refractivity (Wildman–Crippen MR) is 221 cm³/mol. The van der Waals surface area contributed by atoms with Crippen LogP contribution in [0.1, 0.15) is 114 Å². The highest BCUT2D eigenvalue weighted by Crippen LogP contribution is 2.25. The molecule has 0 aromatic carbocycles. The lowest BCUT2D eigenvalue weighted by atomic mass is 9.91. The molecule has 2 aromatic rings. The number of nitrogens with one attached hydrogen (secondary N) is 2. The van der Waals surface area contributed by atoms with Crippen LogP contribution in [0, 0.1) is 0 Å². The minimum atomic E-state index is -1.26. The van der Waals surface area contributed by atoms with Crippen molar-refractivity contribution < 1.29 is 59.4 Å². The molecule has 0 aliphatic heterocycles. The van der Waals surface area contributed by atoms with Gasteiger partial charge in [0.25, 0.3) is 0 Å². The zero-order valence-electron chi connectivity index (χ0n) is 34.6. The number of aliphatic carboxylic acids is 6. The molecule has 2 saturated carbocycles. The normalized spacial score (nSPS) is 18.8. The summed E-state index contributed by atoms with van der Waals surface area (Å²) in [6, 6.07) is 2.89. The van der Waals surface area contributed by atoms with Crippen molar-refractivity contribution >= 4 is 35.8 Å². The summed E-state index contributed by atoms with van der Waals surface area (Å²) in [6.45, 7) is 6.52. The van der Waals surface area contributed by atoms with Crippen LogP contribution in [0.15, 0.2) is 49.1 Å². The highest BCUT2D eigenvalue weighted by atomic mass is 16.4. The smallest absolute Gasteiger partial charge is 0.328 e. The summed E-state index contributed by atoms with van der Waals surface area (Å²) in [7, 11) is 0. The fourth-order valence-corrected chi connectivity index (χ4v) is 7.57. The number of imidazole rings is 2. The quantitative estimate of drug-likeness (QED) is 0.137. The van der Waals surface area contributed by atoms with Crippen LogP contribution in [0.3, 0.4) is 0 Å². The van der Waals surface area contributed by atoms with Gasteiger partial charge in [-0.3, -0.25) is 0 Å². The molecule has 18 heteroatoms. The molecule has 6 rings (SSSR count). The van der Waals surface area contributed by atoms with E-state index < -0.39 is 35.8 Å². The maximum atomic E-state index is 9.55. The third-order valence-electron chi connectivity index (χ3n) is 10.3. The van der Waals surface area contributed by atoms with Crippen LogP contribution in [-0.4, -0.2) is 110 Å². The van der Waals surface area contributed by atoms with Gasteiger partial charge >= 0.3 is 35.8 Å². The van der Waals surface area contributed by atoms with E-state index in [9.17, 15) is 28.8 Å². The Labute approximate surface area is 350 Å². The van der Waals surface area contributed by atoms with Gasteiger partial charge in [0.15, 0.2) is 0 Å². The number of carbonyl (C=O) groups is 6. The second-order valence-electron chi connectivity index (χ2n) is 14.8. The van der Waals surface area contributed by atoms with Crippen molar-refractivity contribution in [2.75, 3.05) is 0 Å². The molecule has 0 saturated heterocycles. The van der Waals surface area contributed by atoms with E-state index in [2.05, 4.69) is 43.6 Å². The molecule has 0 bridgehead atoms. The van der Waals surface area contributed by atoms with Gasteiger partial charge in [-0.15, -0.1) is 0 Å². The molecule has 60 heavy (non-hydrogen) atoms. The van der Waals surface area contributed by atoms with Crippen LogP contribution in [0.4, 0.5) is 0 Å². The summed E-state index contributed by atoms with van der Waals surface area (Å²) in [6.07, 6.45) is 28.7. The number of fused-ring (bicyclic) bond motifs is 2. The first-order valence-electron chi connectivity index (χ1n) is 20.6. The Bertz CT molecular complexity index is 1560. The minimum absolute atomic E-state index is 0.558. The molecular weight excluding hydrogens is 780 g/mol. The third kappa shape index (κ3) is 20.9. The Balaban J connectivity index is 0.000000276. The van der Waals surface area contributed by atoms with Crippen molar-refractivity contribution in [3.05, 3.63) is 71.9 Å². The van der Waals surface area contributed by atoms with Crippen LogP contribution < -0.4 is 10.6 Å². The number of nitrogens with zero attached hydrogens (tertiary/aromatic N) is 4. The molecule has 0 radical (unpaired) electrons. The average Bonchev–Trinajstić information content (AvgIpc) is 3.83. The molecule has 332 valence electrons. The van der Waals surface area contributed by atoms with E-state index in [4.69, 9.17) is 30.6 Å². The molecule has 2 fully saturated rings. The Kier molecular flexibility index (Phi) is 23.5. The first-order valence-corrected chi connectivity index (χ1v) is 20.6. The summed E-state index contributed by atoms with van der Waals surface area (Å²) < 4.78 is 4.62. The SMILES string of the molecule is CCn1cnc2c1CCC(NC1CCCCC1)C2.CCn1cnc2c1CCC(NC1CCCCC1)C2.O=C(O)/C=C/C(=O)O.O=C(O)/C=C/C(=O)O.O=C(O)/C=C/C(=O)O. The second-order valence-corrected chi connectivity index (χ2v) is 14.8. The van der Waals surface area contributed by atoms with Crippen LogP contribution >= 0.6 is 0 Å². The number of carboxylic acid groups (broad SMARTS) is 6. The van der Waals surface area contributed by atoms with E-state index in [0.717, 1.165) is 38.0 Å². The maximum absolute atomic E-state index is 9.55. The number of rotatable bonds is 12. The molecule has 0 spiro atoms. The molecular formula is C42H62N6O12. The van der Waals surface area contributed by atoms with Gasteiger partial charge in [-0.2, -0.15) is 0 Å². The molecule has 8 N–H and O–H groups in total. The first kappa shape index (κ1) is 50.5. The molecule has 2 heterocycles. The van der Waals surface area contributed by atoms with E-state index >= 15 is 0 Å². The number of hydrogen-bond acceptors (Lipinski definition) is 10. The van der Waals surface area contributed by atoms with Gasteiger partial charge in [0.2, 0.25) is 0 Å². The van der Waals surface area contributed by atoms with Gasteiger partial charge in [0.05, 0.1) is 24.0 Å². The van der Waals surface area contributed by atoms with E-state index in [1.807, 2.05) is 12.7 Å². The Morgan fingerprint density at radius 1 is 0.500 bits per heavy atom. The lowest BCUT2D eigenvalue weighted by Crippen LogP contribution is -2.42. The van der Waals surface area contributed by atoms with Crippen molar-refractivity contribution in [3.63, 3.8) is 0 Å². The average molecular weight is 843 g/mol. The topological polar surface area (TPSA) is 284 Å². The van der Waals surface area contributed by atoms with Gasteiger partial charge in [-0.25, -0.2) is 38.7 Å². The van der Waals surface area contributed by atoms with Crippen molar-refractivity contribution in [1.29, 1.82) is 0 Å². The summed E-state index contributed by atoms with van der Waals surface area (Å²) in [5, 5.41) is 54.6. The van der Waals surface area contributed by atoms with E-state index in [1.54, 1.807) is 0 Å². The molecule has 4 aliphatic rings. The lowest BCUT2D eigenvalue weighted by molar-refractivity contribution is -0.134. The van der Waals surface area contributed by atoms with E-state index in [0.29, 0.717) is 48.5 Å². The Morgan fingerprint density at radius 3 is 1.03 bits per heavy atom. The monoisotopic (exact) mass is 842 g/mol. The van der Waals surface area contributed by atoms with Gasteiger partial charge < -0.3 is 50.4 Å². The molecule has 2 aromatic heterocycles. The van der Waals surface area contributed by atoms with Crippen molar-refractivity contribution in [3.8, 4) is 0 Å². The first-order chi connectivity index (χ1) is 28.6. The largest absolute Gasteiger partial charge is 0.478 e. The highest BCUT2D eigenvalue weighted by molar-refractivity contribution is 5.90. The predicted octanol–water partition coefficient (Wildman–Crippen LogP) is 4.50. The van der Waals surface area contributed by atoms with E-state index in [1.165, 1.54) is 113 Å². The van der Waals surface area contributed by atoms with Crippen LogP contribution in [0.25, 0.3) is 0 Å². The van der Waals surface area contributed by atoms with Crippen molar-refractivity contribution in [1.82, 2.24) is 29.7 Å². The van der Waals surface area contributed by atoms with Crippen LogP contribution in [0.2, 0.25) is 0 Å². The van der Waals surface area contributed by atoms with Gasteiger partial charge in [-0.1, -0.05) is 38.5 Å². The standard InChI is InChI=1S/2C15H25N3.3C4H4O4/c2*1-2-18-11-16-14-10-13(8-9-15(14)18)17-12-6-4-3-5-7-12;3*5-3(6)1-2-4(7)8/h2*11-13,17H,2-10H2,1H3;3*1-2H,(H,5,6)(H,7,8)/b;;3*2-1+. The molecule has 0 amide bonds. The maximum Gasteiger partial charge on any atom is 0.328 e. The van der Waals surface area contributed by atoms with Gasteiger partial charge in [0.1, 0.15) is 0 Å². The number of carboxylic acids is 6. The highest BCUT2D eigenvalue weighted by Gasteiger charge is 2.26. The van der Waals surface area contributed by atoms with E-state index in [-0.39, 0.29) is 0 Å². The van der Waals surface area contributed by atoms with Crippen LogP contribution in [-0.2, 0) is 67.5 Å². The lowest BCUT2D eigenvalue weighted by Gasteiger charge is -2.30. The Morgan fingerprint density at radius 2 is 0.783 bits per heavy atom. The summed E-state index contributed by atoms with van der Waals surface area (Å²) in [5.41, 5.74) is 5.66. The minimum Gasteiger partial charge on any atom is -0.478 e. The fourth-order valence-electron chi connectivity index (χ4n) is 7.57. The van der Waals surface area contributed by atoms with Crippen molar-refractivity contribution in [2.45, 2.75) is 154 Å². The fraction of sp³-hybridized carbons (Fsp3) is 0.571. The Hall–Kier alpha value is -5.62. The van der Waals surface area contributed by atoms with Crippen molar-refractivity contribution in [2.24, 2.45) is 0 Å². The molecule has 2 unspecified atom stereocenters. The summed E-state index contributed by atoms with van der Waals surface area (Å²) >= 11 is 0. The third-order valence-corrected chi connectivity index (χ3v) is 10.3. The number of hydrogen-bond donors (Lipinski definition) is 8.